The van der Waals surface area contributed by atoms with E-state index in [1.807, 2.05) is 6.92 Å². The fourth-order valence-corrected chi connectivity index (χ4v) is 2.47. The molecule has 2 unspecified atom stereocenters. The molecular formula is C13H23N5O. The van der Waals surface area contributed by atoms with E-state index >= 15 is 0 Å². The number of nitrogens with zero attached hydrogens (tertiary/aromatic N) is 3. The Morgan fingerprint density at radius 3 is 2.84 bits per heavy atom. The predicted octanol–water partition coefficient (Wildman–Crippen LogP) is 0.570. The molecule has 106 valence electrons. The molecule has 19 heavy (non-hydrogen) atoms. The maximum absolute atomic E-state index is 11.8. The largest absolute Gasteiger partial charge is 0.352 e. The van der Waals surface area contributed by atoms with Crippen LogP contribution in [-0.2, 0) is 17.8 Å². The van der Waals surface area contributed by atoms with Gasteiger partial charge < -0.3 is 15.6 Å². The van der Waals surface area contributed by atoms with Crippen LogP contribution >= 0.6 is 0 Å². The third-order valence-corrected chi connectivity index (χ3v) is 3.36. The van der Waals surface area contributed by atoms with Crippen LogP contribution in [0.1, 0.15) is 51.2 Å². The molecule has 1 aromatic heterocycles. The second-order valence-electron chi connectivity index (χ2n) is 5.72. The predicted molar refractivity (Wildman–Crippen MR) is 72.6 cm³/mol. The number of carbonyl (C=O) groups is 1. The van der Waals surface area contributed by atoms with Crippen molar-refractivity contribution in [3.63, 3.8) is 0 Å². The molecule has 1 aliphatic rings. The highest BCUT2D eigenvalue weighted by atomic mass is 16.1. The van der Waals surface area contributed by atoms with E-state index in [2.05, 4.69) is 33.9 Å². The summed E-state index contributed by atoms with van der Waals surface area (Å²) in [6, 6.07) is 0.0625. The number of aryl methyl sites for hydroxylation is 1. The molecule has 2 atom stereocenters. The molecule has 3 N–H and O–H groups in total. The second kappa shape index (κ2) is 5.69. The van der Waals surface area contributed by atoms with Gasteiger partial charge in [0.05, 0.1) is 0 Å². The summed E-state index contributed by atoms with van der Waals surface area (Å²) in [7, 11) is 0. The average molecular weight is 265 g/mol. The first kappa shape index (κ1) is 14.0. The molecule has 6 nitrogen and oxygen atoms in total. The average Bonchev–Trinajstić information content (AvgIpc) is 2.70. The van der Waals surface area contributed by atoms with Crippen LogP contribution in [0.25, 0.3) is 0 Å². The van der Waals surface area contributed by atoms with Crippen molar-refractivity contribution in [2.75, 3.05) is 0 Å². The Bertz CT molecular complexity index is 452. The smallest absolute Gasteiger partial charge is 0.221 e. The first-order valence-electron chi connectivity index (χ1n) is 6.94. The van der Waals surface area contributed by atoms with Crippen LogP contribution in [0.2, 0.25) is 0 Å². The van der Waals surface area contributed by atoms with Gasteiger partial charge in [0.15, 0.2) is 0 Å². The zero-order valence-electron chi connectivity index (χ0n) is 11.9. The molecular weight excluding hydrogens is 242 g/mol. The molecule has 0 aliphatic carbocycles. The van der Waals surface area contributed by atoms with Gasteiger partial charge in [-0.25, -0.2) is 0 Å². The van der Waals surface area contributed by atoms with Crippen molar-refractivity contribution in [3.05, 3.63) is 11.6 Å². The number of fused-ring (bicyclic) bond motifs is 1. The van der Waals surface area contributed by atoms with Gasteiger partial charge in [0.25, 0.3) is 0 Å². The van der Waals surface area contributed by atoms with Gasteiger partial charge in [-0.1, -0.05) is 13.8 Å². The van der Waals surface area contributed by atoms with E-state index in [-0.39, 0.29) is 18.0 Å². The molecule has 0 fully saturated rings. The summed E-state index contributed by atoms with van der Waals surface area (Å²) >= 11 is 0. The highest BCUT2D eigenvalue weighted by Crippen LogP contribution is 2.20. The highest BCUT2D eigenvalue weighted by molar-refractivity contribution is 5.76. The van der Waals surface area contributed by atoms with Crippen LogP contribution in [0.3, 0.4) is 0 Å². The number of hydrogen-bond donors (Lipinski definition) is 2. The molecule has 0 bridgehead atoms. The van der Waals surface area contributed by atoms with Crippen molar-refractivity contribution in [1.29, 1.82) is 0 Å². The number of hydrogen-bond acceptors (Lipinski definition) is 4. The topological polar surface area (TPSA) is 85.8 Å². The number of amides is 1. The van der Waals surface area contributed by atoms with Gasteiger partial charge in [0.1, 0.15) is 11.6 Å². The lowest BCUT2D eigenvalue weighted by molar-refractivity contribution is -0.122. The van der Waals surface area contributed by atoms with Crippen LogP contribution in [0, 0.1) is 0 Å². The number of nitrogens with one attached hydrogen (secondary N) is 1. The third kappa shape index (κ3) is 3.32. The fourth-order valence-electron chi connectivity index (χ4n) is 2.47. The van der Waals surface area contributed by atoms with E-state index in [1.165, 1.54) is 0 Å². The SMILES string of the molecule is CC(N)CC(=O)NC1CCc2nnc(C(C)C)n2C1. The molecule has 0 spiro atoms. The number of rotatable bonds is 4. The molecule has 1 aliphatic heterocycles. The Morgan fingerprint density at radius 2 is 2.21 bits per heavy atom. The lowest BCUT2D eigenvalue weighted by Crippen LogP contribution is -2.42. The van der Waals surface area contributed by atoms with Crippen LogP contribution < -0.4 is 11.1 Å². The molecule has 2 rings (SSSR count). The molecule has 2 heterocycles. The van der Waals surface area contributed by atoms with Gasteiger partial charge in [0, 0.05) is 37.4 Å². The number of nitrogens with two attached hydrogens (primary N) is 1. The van der Waals surface area contributed by atoms with Crippen molar-refractivity contribution in [3.8, 4) is 0 Å². The minimum Gasteiger partial charge on any atom is -0.352 e. The van der Waals surface area contributed by atoms with E-state index in [0.29, 0.717) is 12.3 Å². The molecule has 0 saturated carbocycles. The van der Waals surface area contributed by atoms with E-state index in [0.717, 1.165) is 31.0 Å². The van der Waals surface area contributed by atoms with Gasteiger partial charge in [-0.3, -0.25) is 4.79 Å². The molecule has 0 aromatic carbocycles. The monoisotopic (exact) mass is 265 g/mol. The second-order valence-corrected chi connectivity index (χ2v) is 5.72. The van der Waals surface area contributed by atoms with Gasteiger partial charge >= 0.3 is 0 Å². The van der Waals surface area contributed by atoms with E-state index in [4.69, 9.17) is 5.73 Å². The van der Waals surface area contributed by atoms with Crippen molar-refractivity contribution >= 4 is 5.91 Å². The quantitative estimate of drug-likeness (QED) is 0.833. The van der Waals surface area contributed by atoms with Crippen LogP contribution in [0.15, 0.2) is 0 Å². The van der Waals surface area contributed by atoms with E-state index in [9.17, 15) is 4.79 Å². The van der Waals surface area contributed by atoms with Crippen LogP contribution in [-0.4, -0.2) is 32.8 Å². The fraction of sp³-hybridized carbons (Fsp3) is 0.769. The minimum atomic E-state index is -0.0970. The Labute approximate surface area is 113 Å². The summed E-state index contributed by atoms with van der Waals surface area (Å²) in [6.45, 7) is 6.82. The van der Waals surface area contributed by atoms with Crippen molar-refractivity contribution in [2.24, 2.45) is 5.73 Å². The van der Waals surface area contributed by atoms with Gasteiger partial charge in [-0.15, -0.1) is 10.2 Å². The van der Waals surface area contributed by atoms with Gasteiger partial charge in [0.2, 0.25) is 5.91 Å². The number of aromatic nitrogens is 3. The van der Waals surface area contributed by atoms with Crippen molar-refractivity contribution in [1.82, 2.24) is 20.1 Å². The lowest BCUT2D eigenvalue weighted by Gasteiger charge is -2.26. The third-order valence-electron chi connectivity index (χ3n) is 3.36. The maximum atomic E-state index is 11.8. The first-order valence-corrected chi connectivity index (χ1v) is 6.94. The molecule has 0 radical (unpaired) electrons. The summed E-state index contributed by atoms with van der Waals surface area (Å²) in [6.07, 6.45) is 2.16. The lowest BCUT2D eigenvalue weighted by atomic mass is 10.1. The summed E-state index contributed by atoms with van der Waals surface area (Å²) in [5.74, 6) is 2.41. The molecule has 1 amide bonds. The maximum Gasteiger partial charge on any atom is 0.221 e. The summed E-state index contributed by atoms with van der Waals surface area (Å²) in [5, 5.41) is 11.5. The van der Waals surface area contributed by atoms with Gasteiger partial charge in [-0.2, -0.15) is 0 Å². The molecule has 0 saturated heterocycles. The number of carbonyl (C=O) groups excluding carboxylic acids is 1. The van der Waals surface area contributed by atoms with Gasteiger partial charge in [-0.05, 0) is 13.3 Å². The summed E-state index contributed by atoms with van der Waals surface area (Å²) < 4.78 is 2.14. The van der Waals surface area contributed by atoms with E-state index < -0.39 is 0 Å². The Kier molecular flexibility index (Phi) is 4.19. The van der Waals surface area contributed by atoms with Crippen molar-refractivity contribution < 1.29 is 4.79 Å². The summed E-state index contributed by atoms with van der Waals surface area (Å²) in [4.78, 5) is 11.8. The Hall–Kier alpha value is -1.43. The standard InChI is InChI=1S/C13H23N5O/c1-8(2)13-17-16-11-5-4-10(7-18(11)13)15-12(19)6-9(3)14/h8-10H,4-7,14H2,1-3H3,(H,15,19). The zero-order chi connectivity index (χ0) is 14.0. The summed E-state index contributed by atoms with van der Waals surface area (Å²) in [5.41, 5.74) is 5.64. The minimum absolute atomic E-state index is 0.0302. The van der Waals surface area contributed by atoms with Crippen LogP contribution in [0.4, 0.5) is 0 Å². The molecule has 1 aromatic rings. The Morgan fingerprint density at radius 1 is 1.47 bits per heavy atom. The van der Waals surface area contributed by atoms with Crippen molar-refractivity contribution in [2.45, 2.75) is 64.6 Å². The normalized spacial score (nSPS) is 20.2. The zero-order valence-corrected chi connectivity index (χ0v) is 11.9. The highest BCUT2D eigenvalue weighted by Gasteiger charge is 2.24. The first-order chi connectivity index (χ1) is 8.97. The Balaban J connectivity index is 2.01. The van der Waals surface area contributed by atoms with E-state index in [1.54, 1.807) is 0 Å². The van der Waals surface area contributed by atoms with Crippen LogP contribution in [0.5, 0.6) is 0 Å². The molecule has 6 heteroatoms.